The second-order valence-electron chi connectivity index (χ2n) is 4.56. The van der Waals surface area contributed by atoms with Gasteiger partial charge in [-0.2, -0.15) is 5.10 Å². The summed E-state index contributed by atoms with van der Waals surface area (Å²) in [6.07, 6.45) is 4.32. The standard InChI is InChI=1S/C14H18N2O2/c1-2-10-6-5-8-12(10)15-16-14(18)11-7-3-4-9-13(11)17/h3-4,7,9-10,17H,2,5-6,8H2,1H3,(H,16,18). The predicted molar refractivity (Wildman–Crippen MR) is 70.6 cm³/mol. The number of aromatic hydroxyl groups is 1. The average molecular weight is 246 g/mol. The number of nitrogens with one attached hydrogen (secondary N) is 1. The van der Waals surface area contributed by atoms with E-state index in [-0.39, 0.29) is 17.2 Å². The molecule has 0 saturated heterocycles. The second-order valence-corrected chi connectivity index (χ2v) is 4.56. The lowest BCUT2D eigenvalue weighted by atomic mass is 10.0. The molecule has 1 aromatic carbocycles. The van der Waals surface area contributed by atoms with Gasteiger partial charge in [-0.15, -0.1) is 0 Å². The van der Waals surface area contributed by atoms with Crippen LogP contribution in [0, 0.1) is 5.92 Å². The second kappa shape index (κ2) is 5.67. The molecule has 1 atom stereocenters. The molecule has 0 bridgehead atoms. The van der Waals surface area contributed by atoms with Gasteiger partial charge in [-0.3, -0.25) is 4.79 Å². The largest absolute Gasteiger partial charge is 0.507 e. The molecule has 18 heavy (non-hydrogen) atoms. The average Bonchev–Trinajstić information content (AvgIpc) is 2.84. The molecule has 0 aliphatic heterocycles. The van der Waals surface area contributed by atoms with E-state index in [1.807, 2.05) is 0 Å². The fourth-order valence-corrected chi connectivity index (χ4v) is 2.34. The number of hydrogen-bond acceptors (Lipinski definition) is 3. The summed E-state index contributed by atoms with van der Waals surface area (Å²) in [5.41, 5.74) is 3.86. The Morgan fingerprint density at radius 1 is 1.50 bits per heavy atom. The summed E-state index contributed by atoms with van der Waals surface area (Å²) < 4.78 is 0. The first-order valence-corrected chi connectivity index (χ1v) is 6.37. The van der Waals surface area contributed by atoms with Gasteiger partial charge in [-0.25, -0.2) is 5.43 Å². The van der Waals surface area contributed by atoms with Crippen molar-refractivity contribution in [3.63, 3.8) is 0 Å². The van der Waals surface area contributed by atoms with Crippen LogP contribution in [-0.2, 0) is 0 Å². The number of para-hydroxylation sites is 1. The topological polar surface area (TPSA) is 61.7 Å². The molecular weight excluding hydrogens is 228 g/mol. The Labute approximate surface area is 107 Å². The summed E-state index contributed by atoms with van der Waals surface area (Å²) in [5.74, 6) is 0.116. The van der Waals surface area contributed by atoms with Crippen LogP contribution in [0.15, 0.2) is 29.4 Å². The summed E-state index contributed by atoms with van der Waals surface area (Å²) in [6, 6.07) is 6.47. The quantitative estimate of drug-likeness (QED) is 0.805. The number of carbonyl (C=O) groups is 1. The first kappa shape index (κ1) is 12.6. The van der Waals surface area contributed by atoms with Gasteiger partial charge in [0.25, 0.3) is 5.91 Å². The highest BCUT2D eigenvalue weighted by Gasteiger charge is 2.21. The lowest BCUT2D eigenvalue weighted by Gasteiger charge is -2.08. The van der Waals surface area contributed by atoms with Crippen LogP contribution in [0.3, 0.4) is 0 Å². The van der Waals surface area contributed by atoms with Crippen LogP contribution in [-0.4, -0.2) is 16.7 Å². The Balaban J connectivity index is 2.04. The zero-order valence-electron chi connectivity index (χ0n) is 10.5. The summed E-state index contributed by atoms with van der Waals surface area (Å²) in [7, 11) is 0. The Bertz CT molecular complexity index is 469. The van der Waals surface area contributed by atoms with Gasteiger partial charge in [-0.1, -0.05) is 19.1 Å². The van der Waals surface area contributed by atoms with Crippen molar-refractivity contribution in [3.05, 3.63) is 29.8 Å². The van der Waals surface area contributed by atoms with Crippen molar-refractivity contribution in [3.8, 4) is 5.75 Å². The zero-order valence-corrected chi connectivity index (χ0v) is 10.5. The summed E-state index contributed by atoms with van der Waals surface area (Å²) >= 11 is 0. The minimum Gasteiger partial charge on any atom is -0.507 e. The van der Waals surface area contributed by atoms with Crippen LogP contribution in [0.25, 0.3) is 0 Å². The highest BCUT2D eigenvalue weighted by Crippen LogP contribution is 2.25. The lowest BCUT2D eigenvalue weighted by molar-refractivity contribution is 0.0952. The Morgan fingerprint density at radius 2 is 2.28 bits per heavy atom. The maximum Gasteiger partial charge on any atom is 0.275 e. The molecule has 0 radical (unpaired) electrons. The number of rotatable bonds is 3. The molecule has 1 amide bonds. The van der Waals surface area contributed by atoms with Crippen molar-refractivity contribution in [1.29, 1.82) is 0 Å². The van der Waals surface area contributed by atoms with Gasteiger partial charge in [0.2, 0.25) is 0 Å². The van der Waals surface area contributed by atoms with E-state index >= 15 is 0 Å². The number of hydrazone groups is 1. The van der Waals surface area contributed by atoms with Crippen molar-refractivity contribution in [2.24, 2.45) is 11.0 Å². The van der Waals surface area contributed by atoms with Crippen LogP contribution in [0.1, 0.15) is 43.0 Å². The van der Waals surface area contributed by atoms with Gasteiger partial charge < -0.3 is 5.11 Å². The van der Waals surface area contributed by atoms with Gasteiger partial charge in [0.05, 0.1) is 5.56 Å². The molecule has 2 N–H and O–H groups in total. The number of benzene rings is 1. The van der Waals surface area contributed by atoms with Gasteiger partial charge in [-0.05, 0) is 43.7 Å². The highest BCUT2D eigenvalue weighted by atomic mass is 16.3. The van der Waals surface area contributed by atoms with E-state index < -0.39 is 0 Å². The molecule has 0 aromatic heterocycles. The van der Waals surface area contributed by atoms with E-state index in [1.54, 1.807) is 18.2 Å². The molecule has 1 fully saturated rings. The molecule has 0 heterocycles. The molecule has 2 rings (SSSR count). The van der Waals surface area contributed by atoms with E-state index in [2.05, 4.69) is 17.5 Å². The van der Waals surface area contributed by atoms with E-state index in [1.165, 1.54) is 6.07 Å². The number of carbonyl (C=O) groups excluding carboxylic acids is 1. The third-order valence-electron chi connectivity index (χ3n) is 3.40. The number of hydrogen-bond donors (Lipinski definition) is 2. The molecule has 0 spiro atoms. The number of phenols is 1. The van der Waals surface area contributed by atoms with Crippen molar-refractivity contribution >= 4 is 11.6 Å². The molecule has 1 aliphatic rings. The smallest absolute Gasteiger partial charge is 0.275 e. The molecule has 1 aromatic rings. The Kier molecular flexibility index (Phi) is 3.97. The van der Waals surface area contributed by atoms with Crippen LogP contribution in [0.5, 0.6) is 5.75 Å². The van der Waals surface area contributed by atoms with Crippen molar-refractivity contribution in [2.45, 2.75) is 32.6 Å². The van der Waals surface area contributed by atoms with E-state index in [0.717, 1.165) is 31.4 Å². The van der Waals surface area contributed by atoms with Crippen LogP contribution >= 0.6 is 0 Å². The van der Waals surface area contributed by atoms with E-state index in [9.17, 15) is 9.90 Å². The molecule has 96 valence electrons. The fourth-order valence-electron chi connectivity index (χ4n) is 2.34. The summed E-state index contributed by atoms with van der Waals surface area (Å²) in [4.78, 5) is 11.8. The third-order valence-corrected chi connectivity index (χ3v) is 3.40. The van der Waals surface area contributed by atoms with Crippen LogP contribution in [0.2, 0.25) is 0 Å². The molecule has 4 heteroatoms. The van der Waals surface area contributed by atoms with Crippen molar-refractivity contribution in [2.75, 3.05) is 0 Å². The molecule has 1 saturated carbocycles. The van der Waals surface area contributed by atoms with Crippen LogP contribution < -0.4 is 5.43 Å². The van der Waals surface area contributed by atoms with Gasteiger partial charge in [0.1, 0.15) is 5.75 Å². The molecule has 1 aliphatic carbocycles. The summed E-state index contributed by atoms with van der Waals surface area (Å²) in [5, 5.41) is 13.8. The maximum atomic E-state index is 11.8. The monoisotopic (exact) mass is 246 g/mol. The fraction of sp³-hybridized carbons (Fsp3) is 0.429. The molecule has 1 unspecified atom stereocenters. The van der Waals surface area contributed by atoms with Crippen LogP contribution in [0.4, 0.5) is 0 Å². The zero-order chi connectivity index (χ0) is 13.0. The summed E-state index contributed by atoms with van der Waals surface area (Å²) in [6.45, 7) is 2.14. The highest BCUT2D eigenvalue weighted by molar-refractivity contribution is 5.98. The number of nitrogens with zero attached hydrogens (tertiary/aromatic N) is 1. The lowest BCUT2D eigenvalue weighted by Crippen LogP contribution is -2.21. The van der Waals surface area contributed by atoms with Gasteiger partial charge >= 0.3 is 0 Å². The predicted octanol–water partition coefficient (Wildman–Crippen LogP) is 2.69. The maximum absolute atomic E-state index is 11.8. The van der Waals surface area contributed by atoms with E-state index in [0.29, 0.717) is 5.92 Å². The first-order valence-electron chi connectivity index (χ1n) is 6.37. The minimum absolute atomic E-state index is 0.0198. The first-order chi connectivity index (χ1) is 8.72. The van der Waals surface area contributed by atoms with E-state index in [4.69, 9.17) is 0 Å². The molecule has 4 nitrogen and oxygen atoms in total. The molecular formula is C14H18N2O2. The number of amides is 1. The Morgan fingerprint density at radius 3 is 3.00 bits per heavy atom. The number of phenolic OH excluding ortho intramolecular Hbond substituents is 1. The minimum atomic E-state index is -0.359. The normalized spacial score (nSPS) is 21.2. The van der Waals surface area contributed by atoms with Crippen molar-refractivity contribution in [1.82, 2.24) is 5.43 Å². The third kappa shape index (κ3) is 2.70. The Hall–Kier alpha value is -1.84. The SMILES string of the molecule is CCC1CCCC1=NNC(=O)c1ccccc1O. The van der Waals surface area contributed by atoms with Gasteiger partial charge in [0.15, 0.2) is 0 Å². The van der Waals surface area contributed by atoms with Gasteiger partial charge in [0, 0.05) is 5.71 Å². The van der Waals surface area contributed by atoms with Crippen molar-refractivity contribution < 1.29 is 9.90 Å².